The molecule has 0 saturated carbocycles. The highest BCUT2D eigenvalue weighted by Gasteiger charge is 2.43. The molecule has 0 aliphatic carbocycles. The summed E-state index contributed by atoms with van der Waals surface area (Å²) in [6.45, 7) is 5.68. The Balaban J connectivity index is 2.81. The SMILES string of the molecule is CSCC1CC(=O)N(C(C)(C)C)C1=O. The summed E-state index contributed by atoms with van der Waals surface area (Å²) in [5.41, 5.74) is -0.374. The van der Waals surface area contributed by atoms with Gasteiger partial charge in [-0.25, -0.2) is 0 Å². The minimum atomic E-state index is -0.374. The molecule has 14 heavy (non-hydrogen) atoms. The Hall–Kier alpha value is -0.510. The van der Waals surface area contributed by atoms with Crippen LogP contribution in [0.1, 0.15) is 27.2 Å². The normalized spacial score (nSPS) is 23.4. The summed E-state index contributed by atoms with van der Waals surface area (Å²) in [6, 6.07) is 0. The number of hydrogen-bond acceptors (Lipinski definition) is 3. The lowest BCUT2D eigenvalue weighted by Crippen LogP contribution is -2.45. The van der Waals surface area contributed by atoms with E-state index >= 15 is 0 Å². The van der Waals surface area contributed by atoms with Gasteiger partial charge in [0.1, 0.15) is 0 Å². The molecule has 1 fully saturated rings. The van der Waals surface area contributed by atoms with Crippen molar-refractivity contribution in [3.8, 4) is 0 Å². The van der Waals surface area contributed by atoms with Gasteiger partial charge in [-0.1, -0.05) is 0 Å². The Morgan fingerprint density at radius 2 is 2.00 bits per heavy atom. The molecule has 2 amide bonds. The highest BCUT2D eigenvalue weighted by molar-refractivity contribution is 7.98. The average Bonchev–Trinajstić information content (AvgIpc) is 2.26. The van der Waals surface area contributed by atoms with Crippen molar-refractivity contribution < 1.29 is 9.59 Å². The number of carbonyl (C=O) groups is 2. The third-order valence-electron chi connectivity index (χ3n) is 2.28. The summed E-state index contributed by atoms with van der Waals surface area (Å²) in [6.07, 6.45) is 2.34. The first-order chi connectivity index (χ1) is 6.38. The molecular formula is C10H17NO2S. The van der Waals surface area contributed by atoms with Crippen molar-refractivity contribution in [3.63, 3.8) is 0 Å². The summed E-state index contributed by atoms with van der Waals surface area (Å²) in [5, 5.41) is 0. The zero-order chi connectivity index (χ0) is 10.9. The van der Waals surface area contributed by atoms with Crippen LogP contribution in [0.5, 0.6) is 0 Å². The van der Waals surface area contributed by atoms with Crippen LogP contribution in [-0.2, 0) is 9.59 Å². The molecule has 4 heteroatoms. The summed E-state index contributed by atoms with van der Waals surface area (Å²) in [7, 11) is 0. The van der Waals surface area contributed by atoms with Crippen LogP contribution in [0.25, 0.3) is 0 Å². The maximum Gasteiger partial charge on any atom is 0.234 e. The molecule has 1 unspecified atom stereocenters. The number of imide groups is 1. The van der Waals surface area contributed by atoms with Gasteiger partial charge in [-0.05, 0) is 27.0 Å². The van der Waals surface area contributed by atoms with Gasteiger partial charge < -0.3 is 0 Å². The molecule has 1 aliphatic rings. The number of carbonyl (C=O) groups excluding carboxylic acids is 2. The van der Waals surface area contributed by atoms with E-state index in [0.29, 0.717) is 6.42 Å². The number of thioether (sulfide) groups is 1. The molecule has 0 aromatic rings. The molecular weight excluding hydrogens is 198 g/mol. The number of amides is 2. The van der Waals surface area contributed by atoms with E-state index in [1.54, 1.807) is 11.8 Å². The van der Waals surface area contributed by atoms with E-state index in [1.807, 2.05) is 27.0 Å². The van der Waals surface area contributed by atoms with Crippen molar-refractivity contribution in [2.24, 2.45) is 5.92 Å². The largest absolute Gasteiger partial charge is 0.277 e. The minimum absolute atomic E-state index is 0.00292. The minimum Gasteiger partial charge on any atom is -0.277 e. The lowest BCUT2D eigenvalue weighted by molar-refractivity contribution is -0.144. The summed E-state index contributed by atoms with van der Waals surface area (Å²) in [4.78, 5) is 24.9. The Kier molecular flexibility index (Phi) is 3.24. The van der Waals surface area contributed by atoms with Gasteiger partial charge in [-0.3, -0.25) is 14.5 Å². The Morgan fingerprint density at radius 3 is 2.36 bits per heavy atom. The number of nitrogens with zero attached hydrogens (tertiary/aromatic N) is 1. The molecule has 1 rings (SSSR count). The van der Waals surface area contributed by atoms with E-state index < -0.39 is 0 Å². The first-order valence-electron chi connectivity index (χ1n) is 4.73. The van der Waals surface area contributed by atoms with Crippen molar-refractivity contribution in [3.05, 3.63) is 0 Å². The van der Waals surface area contributed by atoms with E-state index in [-0.39, 0.29) is 23.3 Å². The van der Waals surface area contributed by atoms with Gasteiger partial charge in [0, 0.05) is 17.7 Å². The second-order valence-electron chi connectivity index (χ2n) is 4.59. The molecule has 0 N–H and O–H groups in total. The number of likely N-dealkylation sites (tertiary alicyclic amines) is 1. The molecule has 0 radical (unpaired) electrons. The number of rotatable bonds is 2. The van der Waals surface area contributed by atoms with Crippen LogP contribution in [0.3, 0.4) is 0 Å². The molecule has 0 aromatic heterocycles. The van der Waals surface area contributed by atoms with E-state index in [4.69, 9.17) is 0 Å². The monoisotopic (exact) mass is 215 g/mol. The van der Waals surface area contributed by atoms with Gasteiger partial charge in [0.15, 0.2) is 0 Å². The molecule has 3 nitrogen and oxygen atoms in total. The van der Waals surface area contributed by atoms with Crippen LogP contribution in [0.15, 0.2) is 0 Å². The third kappa shape index (κ3) is 2.11. The second kappa shape index (κ2) is 3.93. The van der Waals surface area contributed by atoms with Crippen LogP contribution < -0.4 is 0 Å². The standard InChI is InChI=1S/C10H17NO2S/c1-10(2,3)11-8(12)5-7(6-14-4)9(11)13/h7H,5-6H2,1-4H3. The quantitative estimate of drug-likeness (QED) is 0.655. The lowest BCUT2D eigenvalue weighted by Gasteiger charge is -2.30. The van der Waals surface area contributed by atoms with Crippen molar-refractivity contribution >= 4 is 23.6 Å². The van der Waals surface area contributed by atoms with Gasteiger partial charge >= 0.3 is 0 Å². The first-order valence-corrected chi connectivity index (χ1v) is 6.13. The van der Waals surface area contributed by atoms with Crippen LogP contribution in [0.4, 0.5) is 0 Å². The molecule has 1 heterocycles. The molecule has 0 spiro atoms. The van der Waals surface area contributed by atoms with Crippen LogP contribution >= 0.6 is 11.8 Å². The van der Waals surface area contributed by atoms with Crippen molar-refractivity contribution in [2.75, 3.05) is 12.0 Å². The highest BCUT2D eigenvalue weighted by atomic mass is 32.2. The van der Waals surface area contributed by atoms with Crippen LogP contribution in [0, 0.1) is 5.92 Å². The van der Waals surface area contributed by atoms with Crippen LogP contribution in [-0.4, -0.2) is 34.3 Å². The van der Waals surface area contributed by atoms with E-state index in [1.165, 1.54) is 4.90 Å². The van der Waals surface area contributed by atoms with Crippen molar-refractivity contribution in [1.29, 1.82) is 0 Å². The average molecular weight is 215 g/mol. The van der Waals surface area contributed by atoms with Gasteiger partial charge in [0.2, 0.25) is 11.8 Å². The van der Waals surface area contributed by atoms with Gasteiger partial charge in [-0.15, -0.1) is 0 Å². The topological polar surface area (TPSA) is 37.4 Å². The molecule has 1 atom stereocenters. The van der Waals surface area contributed by atoms with E-state index in [0.717, 1.165) is 5.75 Å². The fraction of sp³-hybridized carbons (Fsp3) is 0.800. The summed E-state index contributed by atoms with van der Waals surface area (Å²) in [5.74, 6) is 0.618. The molecule has 80 valence electrons. The summed E-state index contributed by atoms with van der Waals surface area (Å²) >= 11 is 1.62. The van der Waals surface area contributed by atoms with Crippen molar-refractivity contribution in [2.45, 2.75) is 32.7 Å². The second-order valence-corrected chi connectivity index (χ2v) is 5.51. The molecule has 0 aromatic carbocycles. The zero-order valence-electron chi connectivity index (χ0n) is 9.16. The lowest BCUT2D eigenvalue weighted by atomic mass is 10.1. The van der Waals surface area contributed by atoms with Gasteiger partial charge in [0.05, 0.1) is 5.92 Å². The Labute approximate surface area is 89.2 Å². The van der Waals surface area contributed by atoms with Gasteiger partial charge in [0.25, 0.3) is 0 Å². The fourth-order valence-corrected chi connectivity index (χ4v) is 2.39. The Morgan fingerprint density at radius 1 is 1.43 bits per heavy atom. The number of hydrogen-bond donors (Lipinski definition) is 0. The van der Waals surface area contributed by atoms with Crippen LogP contribution in [0.2, 0.25) is 0 Å². The maximum absolute atomic E-state index is 11.8. The van der Waals surface area contributed by atoms with E-state index in [2.05, 4.69) is 0 Å². The maximum atomic E-state index is 11.8. The highest BCUT2D eigenvalue weighted by Crippen LogP contribution is 2.28. The molecule has 1 saturated heterocycles. The third-order valence-corrected chi connectivity index (χ3v) is 3.01. The zero-order valence-corrected chi connectivity index (χ0v) is 9.98. The first kappa shape index (κ1) is 11.6. The van der Waals surface area contributed by atoms with E-state index in [9.17, 15) is 9.59 Å². The van der Waals surface area contributed by atoms with Gasteiger partial charge in [-0.2, -0.15) is 11.8 Å². The van der Waals surface area contributed by atoms with Crippen molar-refractivity contribution in [1.82, 2.24) is 4.90 Å². The fourth-order valence-electron chi connectivity index (χ4n) is 1.73. The summed E-state index contributed by atoms with van der Waals surface area (Å²) < 4.78 is 0. The predicted molar refractivity (Wildman–Crippen MR) is 58.1 cm³/mol. The smallest absolute Gasteiger partial charge is 0.234 e. The predicted octanol–water partition coefficient (Wildman–Crippen LogP) is 1.52. The molecule has 1 aliphatic heterocycles. The Bertz CT molecular complexity index is 257. The molecule has 0 bridgehead atoms.